The first-order valence-corrected chi connectivity index (χ1v) is 8.37. The van der Waals surface area contributed by atoms with Gasteiger partial charge in [0, 0.05) is 23.5 Å². The molecule has 2 aromatic rings. The van der Waals surface area contributed by atoms with Gasteiger partial charge in [-0.3, -0.25) is 14.9 Å². The first kappa shape index (κ1) is 18.9. The summed E-state index contributed by atoms with van der Waals surface area (Å²) in [4.78, 5) is 35.1. The van der Waals surface area contributed by atoms with Gasteiger partial charge in [0.25, 0.3) is 11.6 Å². The largest absolute Gasteiger partial charge is 0.497 e. The van der Waals surface area contributed by atoms with Crippen LogP contribution in [-0.4, -0.2) is 24.0 Å². The number of nitro benzene ring substituents is 1. The summed E-state index contributed by atoms with van der Waals surface area (Å²) in [6.07, 6.45) is 0. The van der Waals surface area contributed by atoms with E-state index in [1.807, 2.05) is 0 Å². The molecule has 3 rings (SSSR count). The van der Waals surface area contributed by atoms with Crippen LogP contribution in [0.15, 0.2) is 59.8 Å². The Morgan fingerprint density at radius 1 is 1.21 bits per heavy atom. The van der Waals surface area contributed by atoms with Gasteiger partial charge in [0.15, 0.2) is 0 Å². The van der Waals surface area contributed by atoms with Crippen LogP contribution in [0.1, 0.15) is 18.5 Å². The first-order valence-electron chi connectivity index (χ1n) is 8.37. The molecular formula is C19H18N4O5. The lowest BCUT2D eigenvalue weighted by atomic mass is 9.94. The van der Waals surface area contributed by atoms with Gasteiger partial charge in [-0.1, -0.05) is 12.1 Å². The number of hydrogen-bond acceptors (Lipinski definition) is 5. The maximum Gasteiger partial charge on any atom is 0.319 e. The van der Waals surface area contributed by atoms with Crippen molar-refractivity contribution in [3.63, 3.8) is 0 Å². The molecule has 0 aromatic heterocycles. The van der Waals surface area contributed by atoms with Gasteiger partial charge in [-0.05, 0) is 36.8 Å². The number of urea groups is 1. The number of hydrogen-bond donors (Lipinski definition) is 3. The number of carbonyl (C=O) groups is 2. The molecule has 0 radical (unpaired) electrons. The van der Waals surface area contributed by atoms with Crippen molar-refractivity contribution in [2.75, 3.05) is 12.4 Å². The standard InChI is InChI=1S/C19H18N4O5/c1-11-16(18(24)21-13-6-8-14(9-7-13)23(26)27)17(22-19(25)20-11)12-4-3-5-15(10-12)28-2/h3-10,17H,1-2H3,(H,21,24)(H2,20,22,25). The van der Waals surface area contributed by atoms with Crippen LogP contribution < -0.4 is 20.7 Å². The van der Waals surface area contributed by atoms with Crippen LogP contribution in [-0.2, 0) is 4.79 Å². The maximum atomic E-state index is 12.9. The Morgan fingerprint density at radius 3 is 2.57 bits per heavy atom. The molecule has 1 aliphatic rings. The molecule has 2 aromatic carbocycles. The van der Waals surface area contributed by atoms with Crippen LogP contribution in [0.25, 0.3) is 0 Å². The van der Waals surface area contributed by atoms with E-state index < -0.39 is 22.9 Å². The molecule has 1 heterocycles. The summed E-state index contributed by atoms with van der Waals surface area (Å²) >= 11 is 0. The third-order valence-electron chi connectivity index (χ3n) is 4.28. The molecule has 28 heavy (non-hydrogen) atoms. The monoisotopic (exact) mass is 382 g/mol. The number of anilines is 1. The molecule has 3 N–H and O–H groups in total. The summed E-state index contributed by atoms with van der Waals surface area (Å²) in [6.45, 7) is 1.64. The number of nitro groups is 1. The minimum Gasteiger partial charge on any atom is -0.497 e. The molecular weight excluding hydrogens is 364 g/mol. The van der Waals surface area contributed by atoms with E-state index >= 15 is 0 Å². The zero-order valence-electron chi connectivity index (χ0n) is 15.2. The molecule has 0 saturated heterocycles. The number of nitrogens with one attached hydrogen (secondary N) is 3. The molecule has 144 valence electrons. The van der Waals surface area contributed by atoms with E-state index in [4.69, 9.17) is 4.74 Å². The van der Waals surface area contributed by atoms with Gasteiger partial charge < -0.3 is 20.7 Å². The van der Waals surface area contributed by atoms with Gasteiger partial charge in [-0.15, -0.1) is 0 Å². The predicted octanol–water partition coefficient (Wildman–Crippen LogP) is 2.87. The highest BCUT2D eigenvalue weighted by molar-refractivity contribution is 6.06. The third-order valence-corrected chi connectivity index (χ3v) is 4.28. The summed E-state index contributed by atoms with van der Waals surface area (Å²) in [7, 11) is 1.53. The Morgan fingerprint density at radius 2 is 1.93 bits per heavy atom. The van der Waals surface area contributed by atoms with Crippen molar-refractivity contribution in [3.8, 4) is 5.75 Å². The minimum atomic E-state index is -0.679. The highest BCUT2D eigenvalue weighted by atomic mass is 16.6. The van der Waals surface area contributed by atoms with Crippen LogP contribution in [0.5, 0.6) is 5.75 Å². The minimum absolute atomic E-state index is 0.0748. The average Bonchev–Trinajstić information content (AvgIpc) is 2.67. The van der Waals surface area contributed by atoms with Crippen molar-refractivity contribution in [3.05, 3.63) is 75.5 Å². The Kier molecular flexibility index (Phi) is 5.25. The average molecular weight is 382 g/mol. The van der Waals surface area contributed by atoms with Gasteiger partial charge in [0.2, 0.25) is 0 Å². The molecule has 1 aliphatic heterocycles. The summed E-state index contributed by atoms with van der Waals surface area (Å²) in [5.74, 6) is 0.157. The molecule has 9 heteroatoms. The van der Waals surface area contributed by atoms with Crippen molar-refractivity contribution in [2.45, 2.75) is 13.0 Å². The van der Waals surface area contributed by atoms with Gasteiger partial charge in [0.1, 0.15) is 5.75 Å². The smallest absolute Gasteiger partial charge is 0.319 e. The number of allylic oxidation sites excluding steroid dienone is 1. The second-order valence-corrected chi connectivity index (χ2v) is 6.10. The summed E-state index contributed by atoms with van der Waals surface area (Å²) in [5, 5.41) is 18.8. The maximum absolute atomic E-state index is 12.9. The molecule has 1 atom stereocenters. The Labute approximate surface area is 160 Å². The fourth-order valence-corrected chi connectivity index (χ4v) is 2.93. The Balaban J connectivity index is 1.91. The lowest BCUT2D eigenvalue weighted by molar-refractivity contribution is -0.384. The second-order valence-electron chi connectivity index (χ2n) is 6.10. The van der Waals surface area contributed by atoms with E-state index in [2.05, 4.69) is 16.0 Å². The Hall–Kier alpha value is -3.88. The number of amides is 3. The zero-order valence-corrected chi connectivity index (χ0v) is 15.2. The van der Waals surface area contributed by atoms with Crippen LogP contribution in [0, 0.1) is 10.1 Å². The van der Waals surface area contributed by atoms with E-state index in [1.54, 1.807) is 31.2 Å². The van der Waals surface area contributed by atoms with Crippen LogP contribution >= 0.6 is 0 Å². The van der Waals surface area contributed by atoms with Gasteiger partial charge in [-0.25, -0.2) is 4.79 Å². The van der Waals surface area contributed by atoms with E-state index in [9.17, 15) is 19.7 Å². The zero-order chi connectivity index (χ0) is 20.3. The number of methoxy groups -OCH3 is 1. The van der Waals surface area contributed by atoms with Crippen LogP contribution in [0.4, 0.5) is 16.2 Å². The quantitative estimate of drug-likeness (QED) is 0.542. The van der Waals surface area contributed by atoms with Crippen molar-refractivity contribution in [1.82, 2.24) is 10.6 Å². The third kappa shape index (κ3) is 3.93. The summed E-state index contributed by atoms with van der Waals surface area (Å²) < 4.78 is 5.22. The molecule has 1 unspecified atom stereocenters. The van der Waals surface area contributed by atoms with Crippen LogP contribution in [0.2, 0.25) is 0 Å². The fourth-order valence-electron chi connectivity index (χ4n) is 2.93. The molecule has 3 amide bonds. The molecule has 0 aliphatic carbocycles. The SMILES string of the molecule is COc1cccc(C2NC(=O)NC(C)=C2C(=O)Nc2ccc([N+](=O)[O-])cc2)c1. The van der Waals surface area contributed by atoms with Crippen LogP contribution in [0.3, 0.4) is 0 Å². The fraction of sp³-hybridized carbons (Fsp3) is 0.158. The summed E-state index contributed by atoms with van der Waals surface area (Å²) in [6, 6.07) is 11.5. The lowest BCUT2D eigenvalue weighted by Crippen LogP contribution is -2.45. The molecule has 0 fully saturated rings. The summed E-state index contributed by atoms with van der Waals surface area (Å²) in [5.41, 5.74) is 1.75. The molecule has 9 nitrogen and oxygen atoms in total. The molecule has 0 spiro atoms. The highest BCUT2D eigenvalue weighted by Gasteiger charge is 2.31. The number of benzene rings is 2. The number of nitrogens with zero attached hydrogens (tertiary/aromatic N) is 1. The second kappa shape index (κ2) is 7.78. The van der Waals surface area contributed by atoms with E-state index in [1.165, 1.54) is 31.4 Å². The van der Waals surface area contributed by atoms with Crippen molar-refractivity contribution in [2.24, 2.45) is 0 Å². The van der Waals surface area contributed by atoms with Gasteiger partial charge in [0.05, 0.1) is 23.6 Å². The van der Waals surface area contributed by atoms with Gasteiger partial charge in [-0.2, -0.15) is 0 Å². The topological polar surface area (TPSA) is 123 Å². The van der Waals surface area contributed by atoms with E-state index in [0.29, 0.717) is 28.3 Å². The van der Waals surface area contributed by atoms with Crippen molar-refractivity contribution >= 4 is 23.3 Å². The lowest BCUT2D eigenvalue weighted by Gasteiger charge is -2.28. The first-order chi connectivity index (χ1) is 13.4. The van der Waals surface area contributed by atoms with E-state index in [0.717, 1.165) is 0 Å². The number of carbonyl (C=O) groups excluding carboxylic acids is 2. The van der Waals surface area contributed by atoms with Gasteiger partial charge >= 0.3 is 6.03 Å². The van der Waals surface area contributed by atoms with Crippen molar-refractivity contribution < 1.29 is 19.2 Å². The normalized spacial score (nSPS) is 16.1. The molecule has 0 saturated carbocycles. The molecule has 0 bridgehead atoms. The van der Waals surface area contributed by atoms with E-state index in [-0.39, 0.29) is 5.69 Å². The number of non-ortho nitro benzene ring substituents is 1. The Bertz CT molecular complexity index is 969. The predicted molar refractivity (Wildman–Crippen MR) is 102 cm³/mol. The van der Waals surface area contributed by atoms with Crippen molar-refractivity contribution in [1.29, 1.82) is 0 Å². The highest BCUT2D eigenvalue weighted by Crippen LogP contribution is 2.30. The number of ether oxygens (including phenoxy) is 1. The number of rotatable bonds is 5.